The van der Waals surface area contributed by atoms with Crippen molar-refractivity contribution in [2.75, 3.05) is 0 Å². The molecule has 0 rings (SSSR count). The highest BCUT2D eigenvalue weighted by Crippen LogP contribution is 2.08. The Morgan fingerprint density at radius 2 is 2.00 bits per heavy atom. The van der Waals surface area contributed by atoms with Gasteiger partial charge in [0.25, 0.3) is 0 Å². The normalized spacial score (nSPS) is 13.6. The molecule has 0 aliphatic rings. The molecule has 0 spiro atoms. The minimum Gasteiger partial charge on any atom is -0.456 e. The fourth-order valence-corrected chi connectivity index (χ4v) is 0.718. The molecular weight excluding hydrogens is 170 g/mol. The van der Waals surface area contributed by atoms with Crippen LogP contribution in [0.15, 0.2) is 0 Å². The first-order chi connectivity index (χ1) is 5.72. The predicted octanol–water partition coefficient (Wildman–Crippen LogP) is 1.12. The van der Waals surface area contributed by atoms with E-state index < -0.39 is 17.7 Å². The van der Waals surface area contributed by atoms with Crippen molar-refractivity contribution in [3.05, 3.63) is 0 Å². The van der Waals surface area contributed by atoms with Gasteiger partial charge in [-0.05, 0) is 27.7 Å². The Bertz CT molecular complexity index is 203. The average molecular weight is 187 g/mol. The van der Waals surface area contributed by atoms with Crippen LogP contribution in [0.5, 0.6) is 0 Å². The summed E-state index contributed by atoms with van der Waals surface area (Å²) in [5, 5.41) is 16.2. The van der Waals surface area contributed by atoms with Crippen molar-refractivity contribution < 1.29 is 14.6 Å². The van der Waals surface area contributed by atoms with Crippen molar-refractivity contribution >= 4 is 11.7 Å². The zero-order chi connectivity index (χ0) is 10.6. The first kappa shape index (κ1) is 12.1. The molecule has 1 atom stereocenters. The molecule has 0 radical (unpaired) electrons. The fraction of sp³-hybridized carbons (Fsp3) is 0.778. The van der Waals surface area contributed by atoms with E-state index in [4.69, 9.17) is 15.3 Å². The van der Waals surface area contributed by atoms with Gasteiger partial charge in [-0.15, -0.1) is 0 Å². The number of carbonyl (C=O) groups is 1. The van der Waals surface area contributed by atoms with E-state index in [1.165, 1.54) is 6.92 Å². The van der Waals surface area contributed by atoms with Gasteiger partial charge in [-0.2, -0.15) is 0 Å². The van der Waals surface area contributed by atoms with Crippen LogP contribution in [0, 0.1) is 5.41 Å². The molecule has 1 unspecified atom stereocenters. The lowest BCUT2D eigenvalue weighted by atomic mass is 10.1. The summed E-state index contributed by atoms with van der Waals surface area (Å²) in [7, 11) is 0. The summed E-state index contributed by atoms with van der Waals surface area (Å²) in [5.41, 5.74) is -0.771. The van der Waals surface area contributed by atoms with Crippen LogP contribution in [0.4, 0.5) is 0 Å². The number of rotatable bonds is 3. The van der Waals surface area contributed by atoms with E-state index >= 15 is 0 Å². The van der Waals surface area contributed by atoms with Gasteiger partial charge in [0.2, 0.25) is 0 Å². The summed E-state index contributed by atoms with van der Waals surface area (Å²) in [5.74, 6) is -0.659. The van der Waals surface area contributed by atoms with Gasteiger partial charge in [-0.1, -0.05) is 0 Å². The number of hydrogen-bond acceptors (Lipinski definition) is 4. The molecule has 0 saturated carbocycles. The van der Waals surface area contributed by atoms with Crippen LogP contribution < -0.4 is 0 Å². The predicted molar refractivity (Wildman–Crippen MR) is 49.9 cm³/mol. The van der Waals surface area contributed by atoms with Crippen molar-refractivity contribution in [1.82, 2.24) is 0 Å². The van der Waals surface area contributed by atoms with Crippen LogP contribution in [0.1, 0.15) is 34.1 Å². The lowest BCUT2D eigenvalue weighted by molar-refractivity contribution is -0.146. The maximum atomic E-state index is 11.1. The molecule has 13 heavy (non-hydrogen) atoms. The van der Waals surface area contributed by atoms with Gasteiger partial charge < -0.3 is 9.84 Å². The largest absolute Gasteiger partial charge is 0.456 e. The third-order valence-corrected chi connectivity index (χ3v) is 1.14. The zero-order valence-corrected chi connectivity index (χ0v) is 8.55. The van der Waals surface area contributed by atoms with E-state index in [-0.39, 0.29) is 12.1 Å². The van der Waals surface area contributed by atoms with Gasteiger partial charge in [0, 0.05) is 6.42 Å². The van der Waals surface area contributed by atoms with E-state index in [1.54, 1.807) is 20.8 Å². The lowest BCUT2D eigenvalue weighted by Gasteiger charge is -2.19. The molecule has 4 heteroatoms. The summed E-state index contributed by atoms with van der Waals surface area (Å²) in [4.78, 5) is 11.1. The SMILES string of the molecule is CC(O)CC(=N)C(=O)OC(C)(C)C. The van der Waals surface area contributed by atoms with E-state index in [2.05, 4.69) is 0 Å². The summed E-state index contributed by atoms with van der Waals surface area (Å²) in [6, 6.07) is 0. The van der Waals surface area contributed by atoms with Crippen LogP contribution in [0.3, 0.4) is 0 Å². The van der Waals surface area contributed by atoms with Crippen molar-refractivity contribution in [2.45, 2.75) is 45.8 Å². The zero-order valence-electron chi connectivity index (χ0n) is 8.55. The van der Waals surface area contributed by atoms with Crippen LogP contribution in [-0.2, 0) is 9.53 Å². The first-order valence-electron chi connectivity index (χ1n) is 4.21. The maximum absolute atomic E-state index is 11.1. The quantitative estimate of drug-likeness (QED) is 0.513. The molecule has 0 aromatic rings. The highest BCUT2D eigenvalue weighted by atomic mass is 16.6. The van der Waals surface area contributed by atoms with Crippen molar-refractivity contribution in [3.8, 4) is 0 Å². The van der Waals surface area contributed by atoms with Crippen molar-refractivity contribution in [3.63, 3.8) is 0 Å². The molecular formula is C9H17NO3. The summed E-state index contributed by atoms with van der Waals surface area (Å²) in [6.07, 6.45) is -0.644. The molecule has 0 aliphatic heterocycles. The van der Waals surface area contributed by atoms with Gasteiger partial charge in [-0.3, -0.25) is 5.41 Å². The van der Waals surface area contributed by atoms with Gasteiger partial charge in [0.15, 0.2) is 0 Å². The molecule has 0 fully saturated rings. The molecule has 2 N–H and O–H groups in total. The Morgan fingerprint density at radius 1 is 1.54 bits per heavy atom. The summed E-state index contributed by atoms with van der Waals surface area (Å²) < 4.78 is 4.93. The Hall–Kier alpha value is -0.900. The summed E-state index contributed by atoms with van der Waals surface area (Å²) in [6.45, 7) is 6.74. The second-order valence-electron chi connectivity index (χ2n) is 4.03. The third-order valence-electron chi connectivity index (χ3n) is 1.14. The number of aliphatic hydroxyl groups is 1. The third kappa shape index (κ3) is 6.28. The molecule has 0 aromatic carbocycles. The Balaban J connectivity index is 4.06. The van der Waals surface area contributed by atoms with Crippen LogP contribution >= 0.6 is 0 Å². The Labute approximate surface area is 78.4 Å². The molecule has 0 bridgehead atoms. The van der Waals surface area contributed by atoms with E-state index in [9.17, 15) is 4.79 Å². The average Bonchev–Trinajstić information content (AvgIpc) is 1.81. The lowest BCUT2D eigenvalue weighted by Crippen LogP contribution is -2.29. The van der Waals surface area contributed by atoms with Crippen LogP contribution in [0.25, 0.3) is 0 Å². The second kappa shape index (κ2) is 4.37. The van der Waals surface area contributed by atoms with Gasteiger partial charge >= 0.3 is 5.97 Å². The topological polar surface area (TPSA) is 70.4 Å². The molecule has 4 nitrogen and oxygen atoms in total. The standard InChI is InChI=1S/C9H17NO3/c1-6(11)5-7(10)8(12)13-9(2,3)4/h6,10-11H,5H2,1-4H3. The Morgan fingerprint density at radius 3 is 2.31 bits per heavy atom. The number of esters is 1. The Kier molecular flexibility index (Phi) is 4.07. The fourth-order valence-electron chi connectivity index (χ4n) is 0.718. The number of carbonyl (C=O) groups excluding carboxylic acids is 1. The molecule has 0 saturated heterocycles. The van der Waals surface area contributed by atoms with Crippen LogP contribution in [-0.4, -0.2) is 28.5 Å². The highest BCUT2D eigenvalue weighted by Gasteiger charge is 2.20. The molecule has 0 aliphatic carbocycles. The number of nitrogens with one attached hydrogen (secondary N) is 1. The molecule has 76 valence electrons. The van der Waals surface area contributed by atoms with Gasteiger partial charge in [0.1, 0.15) is 11.3 Å². The van der Waals surface area contributed by atoms with E-state index in [1.807, 2.05) is 0 Å². The highest BCUT2D eigenvalue weighted by molar-refractivity contribution is 6.35. The monoisotopic (exact) mass is 187 g/mol. The maximum Gasteiger partial charge on any atom is 0.352 e. The van der Waals surface area contributed by atoms with Crippen LogP contribution in [0.2, 0.25) is 0 Å². The van der Waals surface area contributed by atoms with Crippen molar-refractivity contribution in [2.24, 2.45) is 0 Å². The number of aliphatic hydroxyl groups excluding tert-OH is 1. The van der Waals surface area contributed by atoms with Gasteiger partial charge in [-0.25, -0.2) is 4.79 Å². The van der Waals surface area contributed by atoms with E-state index in [0.717, 1.165) is 0 Å². The van der Waals surface area contributed by atoms with Crippen molar-refractivity contribution in [1.29, 1.82) is 5.41 Å². The number of ether oxygens (including phenoxy) is 1. The minimum atomic E-state index is -0.681. The van der Waals surface area contributed by atoms with E-state index in [0.29, 0.717) is 0 Å². The molecule has 0 heterocycles. The smallest absolute Gasteiger partial charge is 0.352 e. The second-order valence-corrected chi connectivity index (χ2v) is 4.03. The van der Waals surface area contributed by atoms with Gasteiger partial charge in [0.05, 0.1) is 6.10 Å². The molecule has 0 amide bonds. The molecule has 0 aromatic heterocycles. The summed E-state index contributed by atoms with van der Waals surface area (Å²) >= 11 is 0. The minimum absolute atomic E-state index is 0.0366. The first-order valence-corrected chi connectivity index (χ1v) is 4.21. The number of hydrogen-bond donors (Lipinski definition) is 2.